The fraction of sp³-hybridized carbons (Fsp3) is 0.562. The lowest BCUT2D eigenvalue weighted by Gasteiger charge is -2.08. The molecule has 1 aromatic rings. The molecule has 100 valence electrons. The van der Waals surface area contributed by atoms with Crippen molar-refractivity contribution in [1.29, 1.82) is 0 Å². The molecule has 0 saturated carbocycles. The Morgan fingerprint density at radius 2 is 1.78 bits per heavy atom. The summed E-state index contributed by atoms with van der Waals surface area (Å²) in [6.07, 6.45) is 2.10. The molecule has 0 saturated heterocycles. The third-order valence-corrected chi connectivity index (χ3v) is 3.37. The zero-order chi connectivity index (χ0) is 13.5. The van der Waals surface area contributed by atoms with E-state index in [2.05, 4.69) is 45.0 Å². The molecule has 1 aromatic carbocycles. The molecule has 1 rings (SSSR count). The van der Waals surface area contributed by atoms with Crippen molar-refractivity contribution in [2.45, 2.75) is 46.0 Å². The highest BCUT2D eigenvalue weighted by Gasteiger charge is 2.07. The van der Waals surface area contributed by atoms with Crippen molar-refractivity contribution in [2.24, 2.45) is 11.7 Å². The summed E-state index contributed by atoms with van der Waals surface area (Å²) in [5.41, 5.74) is 7.98. The van der Waals surface area contributed by atoms with Gasteiger partial charge < -0.3 is 5.73 Å². The van der Waals surface area contributed by atoms with Crippen molar-refractivity contribution in [3.8, 4) is 0 Å². The Morgan fingerprint density at radius 3 is 2.28 bits per heavy atom. The van der Waals surface area contributed by atoms with E-state index in [4.69, 9.17) is 5.73 Å². The van der Waals surface area contributed by atoms with Crippen molar-refractivity contribution < 1.29 is 4.79 Å². The maximum Gasteiger partial charge on any atom is 0.137 e. The van der Waals surface area contributed by atoms with Crippen LogP contribution in [0.5, 0.6) is 0 Å². The molecule has 0 aliphatic rings. The molecule has 1 unspecified atom stereocenters. The van der Waals surface area contributed by atoms with Gasteiger partial charge in [-0.2, -0.15) is 0 Å². The molecule has 0 radical (unpaired) electrons. The molecule has 18 heavy (non-hydrogen) atoms. The van der Waals surface area contributed by atoms with E-state index in [0.29, 0.717) is 37.0 Å². The molecule has 2 nitrogen and oxygen atoms in total. The largest absolute Gasteiger partial charge is 0.330 e. The summed E-state index contributed by atoms with van der Waals surface area (Å²) in [7, 11) is 0. The van der Waals surface area contributed by atoms with Crippen molar-refractivity contribution in [2.75, 3.05) is 6.54 Å². The van der Waals surface area contributed by atoms with Crippen molar-refractivity contribution in [3.05, 3.63) is 35.4 Å². The van der Waals surface area contributed by atoms with Gasteiger partial charge in [-0.3, -0.25) is 4.79 Å². The monoisotopic (exact) mass is 247 g/mol. The fourth-order valence-corrected chi connectivity index (χ4v) is 1.86. The summed E-state index contributed by atoms with van der Waals surface area (Å²) >= 11 is 0. The molecule has 2 N–H and O–H groups in total. The summed E-state index contributed by atoms with van der Waals surface area (Å²) in [4.78, 5) is 11.8. The molecule has 2 heteroatoms. The third-order valence-electron chi connectivity index (χ3n) is 3.37. The molecule has 0 amide bonds. The zero-order valence-electron chi connectivity index (χ0n) is 11.8. The number of ketones is 1. The van der Waals surface area contributed by atoms with E-state index in [1.54, 1.807) is 0 Å². The first-order valence-corrected chi connectivity index (χ1v) is 6.83. The van der Waals surface area contributed by atoms with Gasteiger partial charge in [0.1, 0.15) is 5.78 Å². The predicted molar refractivity (Wildman–Crippen MR) is 76.7 cm³/mol. The van der Waals surface area contributed by atoms with E-state index >= 15 is 0 Å². The molecular formula is C16H25NO. The number of nitrogens with two attached hydrogens (primary N) is 1. The van der Waals surface area contributed by atoms with Crippen LogP contribution in [0.25, 0.3) is 0 Å². The van der Waals surface area contributed by atoms with Crippen LogP contribution < -0.4 is 5.73 Å². The molecule has 1 atom stereocenters. The second-order valence-electron chi connectivity index (χ2n) is 5.49. The number of benzene rings is 1. The number of rotatable bonds is 7. The van der Waals surface area contributed by atoms with Gasteiger partial charge in [0.2, 0.25) is 0 Å². The predicted octanol–water partition coefficient (Wildman–Crippen LogP) is 3.30. The van der Waals surface area contributed by atoms with Gasteiger partial charge in [0, 0.05) is 12.8 Å². The maximum absolute atomic E-state index is 11.8. The van der Waals surface area contributed by atoms with E-state index in [1.165, 1.54) is 5.56 Å². The summed E-state index contributed by atoms with van der Waals surface area (Å²) in [6, 6.07) is 8.38. The second-order valence-corrected chi connectivity index (χ2v) is 5.49. The normalized spacial score (nSPS) is 12.7. The molecule has 0 heterocycles. The summed E-state index contributed by atoms with van der Waals surface area (Å²) in [6.45, 7) is 7.10. The minimum atomic E-state index is 0.313. The highest BCUT2D eigenvalue weighted by molar-refractivity contribution is 5.80. The smallest absolute Gasteiger partial charge is 0.137 e. The summed E-state index contributed by atoms with van der Waals surface area (Å²) < 4.78 is 0. The van der Waals surface area contributed by atoms with E-state index in [0.717, 1.165) is 12.0 Å². The fourth-order valence-electron chi connectivity index (χ4n) is 1.86. The van der Waals surface area contributed by atoms with Gasteiger partial charge in [0.05, 0.1) is 0 Å². The van der Waals surface area contributed by atoms with E-state index < -0.39 is 0 Å². The van der Waals surface area contributed by atoms with Crippen LogP contribution in [-0.4, -0.2) is 12.3 Å². The van der Waals surface area contributed by atoms with Gasteiger partial charge in [-0.25, -0.2) is 0 Å². The quantitative estimate of drug-likeness (QED) is 0.803. The van der Waals surface area contributed by atoms with Crippen LogP contribution in [-0.2, 0) is 11.2 Å². The molecule has 0 bridgehead atoms. The second kappa shape index (κ2) is 7.32. The van der Waals surface area contributed by atoms with Gasteiger partial charge in [-0.15, -0.1) is 0 Å². The Morgan fingerprint density at radius 1 is 1.17 bits per heavy atom. The zero-order valence-corrected chi connectivity index (χ0v) is 11.8. The number of hydrogen-bond donors (Lipinski definition) is 1. The van der Waals surface area contributed by atoms with Crippen LogP contribution in [0.3, 0.4) is 0 Å². The van der Waals surface area contributed by atoms with Gasteiger partial charge in [0.15, 0.2) is 0 Å². The lowest BCUT2D eigenvalue weighted by molar-refractivity contribution is -0.118. The molecular weight excluding hydrogens is 222 g/mol. The topological polar surface area (TPSA) is 43.1 Å². The number of carbonyl (C=O) groups excluding carboxylic acids is 1. The Balaban J connectivity index is 2.44. The lowest BCUT2D eigenvalue weighted by Crippen LogP contribution is -2.13. The van der Waals surface area contributed by atoms with Crippen LogP contribution in [0.1, 0.15) is 50.7 Å². The van der Waals surface area contributed by atoms with Gasteiger partial charge in [-0.1, -0.05) is 45.0 Å². The molecule has 0 aromatic heterocycles. The maximum atomic E-state index is 11.8. The minimum Gasteiger partial charge on any atom is -0.330 e. The van der Waals surface area contributed by atoms with Crippen molar-refractivity contribution >= 4 is 5.78 Å². The first-order valence-electron chi connectivity index (χ1n) is 6.83. The van der Waals surface area contributed by atoms with Crippen LogP contribution in [0.2, 0.25) is 0 Å². The van der Waals surface area contributed by atoms with E-state index in [9.17, 15) is 4.79 Å². The first kappa shape index (κ1) is 14.9. The molecule has 0 fully saturated rings. The van der Waals surface area contributed by atoms with Crippen molar-refractivity contribution in [3.63, 3.8) is 0 Å². The standard InChI is InChI=1S/C16H25NO/c1-12(2)15-7-5-14(6-8-15)10-16(18)9-4-13(3)11-17/h5-8,12-13H,4,9-11,17H2,1-3H3. The van der Waals surface area contributed by atoms with Gasteiger partial charge in [0.25, 0.3) is 0 Å². The highest BCUT2D eigenvalue weighted by Crippen LogP contribution is 2.15. The Hall–Kier alpha value is -1.15. The average molecular weight is 247 g/mol. The summed E-state index contributed by atoms with van der Waals surface area (Å²) in [5, 5.41) is 0. The highest BCUT2D eigenvalue weighted by atomic mass is 16.1. The molecule has 0 aliphatic heterocycles. The van der Waals surface area contributed by atoms with E-state index in [1.807, 2.05) is 0 Å². The van der Waals surface area contributed by atoms with Crippen LogP contribution in [0.15, 0.2) is 24.3 Å². The van der Waals surface area contributed by atoms with E-state index in [-0.39, 0.29) is 0 Å². The Kier molecular flexibility index (Phi) is 6.06. The third kappa shape index (κ3) is 5.01. The molecule has 0 aliphatic carbocycles. The minimum absolute atomic E-state index is 0.313. The number of Topliss-reactive ketones (excluding diaryl/α,β-unsaturated/α-hetero) is 1. The first-order chi connectivity index (χ1) is 8.52. The summed E-state index contributed by atoms with van der Waals surface area (Å²) in [5.74, 6) is 1.30. The van der Waals surface area contributed by atoms with Crippen molar-refractivity contribution in [1.82, 2.24) is 0 Å². The van der Waals surface area contributed by atoms with Gasteiger partial charge in [-0.05, 0) is 35.9 Å². The Labute approximate surface area is 111 Å². The SMILES string of the molecule is CC(CN)CCC(=O)Cc1ccc(C(C)C)cc1. The average Bonchev–Trinajstić information content (AvgIpc) is 2.36. The van der Waals surface area contributed by atoms with Gasteiger partial charge >= 0.3 is 0 Å². The van der Waals surface area contributed by atoms with Crippen LogP contribution in [0.4, 0.5) is 0 Å². The van der Waals surface area contributed by atoms with Crippen LogP contribution in [0, 0.1) is 5.92 Å². The molecule has 0 spiro atoms. The Bertz CT molecular complexity index is 367. The number of hydrogen-bond acceptors (Lipinski definition) is 2. The van der Waals surface area contributed by atoms with Crippen LogP contribution >= 0.6 is 0 Å². The lowest BCUT2D eigenvalue weighted by atomic mass is 9.97. The number of carbonyl (C=O) groups is 1.